The van der Waals surface area contributed by atoms with Gasteiger partial charge < -0.3 is 16.8 Å². The first kappa shape index (κ1) is 13.7. The second kappa shape index (κ2) is 5.81. The minimum Gasteiger partial charge on any atom is -0.398 e. The molecule has 1 unspecified atom stereocenters. The van der Waals surface area contributed by atoms with E-state index >= 15 is 0 Å². The van der Waals surface area contributed by atoms with Crippen molar-refractivity contribution in [3.05, 3.63) is 29.8 Å². The van der Waals surface area contributed by atoms with Crippen LogP contribution in [0, 0.1) is 0 Å². The summed E-state index contributed by atoms with van der Waals surface area (Å²) < 4.78 is 0. The molecule has 96 valence electrons. The van der Waals surface area contributed by atoms with Gasteiger partial charge in [-0.2, -0.15) is 0 Å². The van der Waals surface area contributed by atoms with Crippen LogP contribution >= 0.6 is 0 Å². The van der Waals surface area contributed by atoms with Crippen LogP contribution in [-0.2, 0) is 9.59 Å². The normalized spacial score (nSPS) is 11.6. The van der Waals surface area contributed by atoms with Crippen molar-refractivity contribution in [2.24, 2.45) is 5.73 Å². The SMILES string of the molecule is CC(=O)NC(CC(=O)c1ccccc1N)C(N)=O. The second-order valence-corrected chi connectivity index (χ2v) is 3.87. The molecule has 0 bridgehead atoms. The molecule has 1 rings (SSSR count). The number of nitrogens with one attached hydrogen (secondary N) is 1. The number of hydrogen-bond acceptors (Lipinski definition) is 4. The largest absolute Gasteiger partial charge is 0.398 e. The zero-order valence-electron chi connectivity index (χ0n) is 9.97. The van der Waals surface area contributed by atoms with E-state index in [0.29, 0.717) is 11.3 Å². The van der Waals surface area contributed by atoms with Gasteiger partial charge in [0.1, 0.15) is 6.04 Å². The summed E-state index contributed by atoms with van der Waals surface area (Å²) in [6, 6.07) is 5.50. The lowest BCUT2D eigenvalue weighted by Gasteiger charge is -2.13. The van der Waals surface area contributed by atoms with Gasteiger partial charge in [-0.1, -0.05) is 12.1 Å². The van der Waals surface area contributed by atoms with Crippen LogP contribution in [0.15, 0.2) is 24.3 Å². The maximum atomic E-state index is 11.9. The molecule has 1 aromatic carbocycles. The standard InChI is InChI=1S/C12H15N3O3/c1-7(16)15-10(12(14)18)6-11(17)8-4-2-3-5-9(8)13/h2-5,10H,6,13H2,1H3,(H2,14,18)(H,15,16). The maximum Gasteiger partial charge on any atom is 0.240 e. The lowest BCUT2D eigenvalue weighted by Crippen LogP contribution is -2.44. The summed E-state index contributed by atoms with van der Waals surface area (Å²) in [7, 11) is 0. The number of nitrogens with two attached hydrogens (primary N) is 2. The van der Waals surface area contributed by atoms with Gasteiger partial charge in [0.2, 0.25) is 11.8 Å². The van der Waals surface area contributed by atoms with Gasteiger partial charge in [-0.25, -0.2) is 0 Å². The van der Waals surface area contributed by atoms with Crippen molar-refractivity contribution < 1.29 is 14.4 Å². The predicted molar refractivity (Wildman–Crippen MR) is 66.6 cm³/mol. The minimum atomic E-state index is -1.02. The molecule has 0 aromatic heterocycles. The van der Waals surface area contributed by atoms with Gasteiger partial charge in [0, 0.05) is 24.6 Å². The molecule has 0 fully saturated rings. The summed E-state index contributed by atoms with van der Waals surface area (Å²) in [5, 5.41) is 2.32. The third-order valence-corrected chi connectivity index (χ3v) is 2.37. The molecule has 0 saturated heterocycles. The van der Waals surface area contributed by atoms with Crippen molar-refractivity contribution in [1.82, 2.24) is 5.32 Å². The fraction of sp³-hybridized carbons (Fsp3) is 0.250. The van der Waals surface area contributed by atoms with Gasteiger partial charge in [-0.05, 0) is 12.1 Å². The van der Waals surface area contributed by atoms with Gasteiger partial charge in [-0.3, -0.25) is 14.4 Å². The lowest BCUT2D eigenvalue weighted by molar-refractivity contribution is -0.126. The Morgan fingerprint density at radius 1 is 1.28 bits per heavy atom. The van der Waals surface area contributed by atoms with E-state index < -0.39 is 17.9 Å². The quantitative estimate of drug-likeness (QED) is 0.496. The Bertz CT molecular complexity index is 485. The topological polar surface area (TPSA) is 115 Å². The number of ketones is 1. The van der Waals surface area contributed by atoms with Gasteiger partial charge >= 0.3 is 0 Å². The number of amides is 2. The highest BCUT2D eigenvalue weighted by molar-refractivity contribution is 6.03. The van der Waals surface area contributed by atoms with E-state index in [2.05, 4.69) is 5.32 Å². The van der Waals surface area contributed by atoms with E-state index in [9.17, 15) is 14.4 Å². The third-order valence-electron chi connectivity index (χ3n) is 2.37. The zero-order chi connectivity index (χ0) is 13.7. The number of benzene rings is 1. The highest BCUT2D eigenvalue weighted by Crippen LogP contribution is 2.13. The van der Waals surface area contributed by atoms with Crippen LogP contribution in [0.1, 0.15) is 23.7 Å². The summed E-state index contributed by atoms with van der Waals surface area (Å²) in [6.45, 7) is 1.25. The highest BCUT2D eigenvalue weighted by Gasteiger charge is 2.21. The van der Waals surface area contributed by atoms with Crippen LogP contribution in [0.3, 0.4) is 0 Å². The van der Waals surface area contributed by atoms with E-state index in [0.717, 1.165) is 0 Å². The Morgan fingerprint density at radius 2 is 1.89 bits per heavy atom. The second-order valence-electron chi connectivity index (χ2n) is 3.87. The Balaban J connectivity index is 2.82. The number of para-hydroxylation sites is 1. The van der Waals surface area contributed by atoms with Crippen LogP contribution in [0.2, 0.25) is 0 Å². The van der Waals surface area contributed by atoms with Gasteiger partial charge in [0.25, 0.3) is 0 Å². The van der Waals surface area contributed by atoms with E-state index in [1.807, 2.05) is 0 Å². The molecule has 1 atom stereocenters. The van der Waals surface area contributed by atoms with Crippen LogP contribution in [-0.4, -0.2) is 23.6 Å². The highest BCUT2D eigenvalue weighted by atomic mass is 16.2. The first-order valence-electron chi connectivity index (χ1n) is 5.36. The summed E-state index contributed by atoms with van der Waals surface area (Å²) in [6.07, 6.45) is -0.205. The molecule has 1 aromatic rings. The van der Waals surface area contributed by atoms with Crippen molar-refractivity contribution in [3.8, 4) is 0 Å². The summed E-state index contributed by atoms with van der Waals surface area (Å²) >= 11 is 0. The van der Waals surface area contributed by atoms with E-state index in [1.54, 1.807) is 24.3 Å². The van der Waals surface area contributed by atoms with Crippen molar-refractivity contribution in [1.29, 1.82) is 0 Å². The van der Waals surface area contributed by atoms with Crippen molar-refractivity contribution in [2.45, 2.75) is 19.4 Å². The molecule has 18 heavy (non-hydrogen) atoms. The van der Waals surface area contributed by atoms with Crippen LogP contribution in [0.25, 0.3) is 0 Å². The van der Waals surface area contributed by atoms with E-state index in [-0.39, 0.29) is 12.2 Å². The first-order chi connectivity index (χ1) is 8.41. The molecule has 0 heterocycles. The molecular weight excluding hydrogens is 234 g/mol. The molecule has 5 N–H and O–H groups in total. The van der Waals surface area contributed by atoms with Gasteiger partial charge in [0.05, 0.1) is 0 Å². The fourth-order valence-electron chi connectivity index (χ4n) is 1.51. The fourth-order valence-corrected chi connectivity index (χ4v) is 1.51. The Labute approximate surface area is 104 Å². The number of rotatable bonds is 5. The van der Waals surface area contributed by atoms with E-state index in [1.165, 1.54) is 6.92 Å². The average molecular weight is 249 g/mol. The molecule has 0 radical (unpaired) electrons. The molecule has 6 heteroatoms. The average Bonchev–Trinajstić information content (AvgIpc) is 2.27. The van der Waals surface area contributed by atoms with Crippen molar-refractivity contribution in [3.63, 3.8) is 0 Å². The van der Waals surface area contributed by atoms with Gasteiger partial charge in [0.15, 0.2) is 5.78 Å². The van der Waals surface area contributed by atoms with Crippen molar-refractivity contribution >= 4 is 23.3 Å². The molecule has 0 saturated carbocycles. The number of hydrogen-bond donors (Lipinski definition) is 3. The Morgan fingerprint density at radius 3 is 2.39 bits per heavy atom. The smallest absolute Gasteiger partial charge is 0.240 e. The van der Waals surface area contributed by atoms with Crippen LogP contribution in [0.4, 0.5) is 5.69 Å². The molecule has 0 aliphatic rings. The molecule has 0 aliphatic heterocycles. The number of primary amides is 1. The molecular formula is C12H15N3O3. The monoisotopic (exact) mass is 249 g/mol. The summed E-state index contributed by atoms with van der Waals surface area (Å²) in [4.78, 5) is 33.9. The number of anilines is 1. The molecule has 2 amide bonds. The Hall–Kier alpha value is -2.37. The van der Waals surface area contributed by atoms with Crippen LogP contribution in [0.5, 0.6) is 0 Å². The lowest BCUT2D eigenvalue weighted by atomic mass is 10.0. The predicted octanol–water partition coefficient (Wildman–Crippen LogP) is -0.168. The summed E-state index contributed by atoms with van der Waals surface area (Å²) in [5.74, 6) is -1.52. The summed E-state index contributed by atoms with van der Waals surface area (Å²) in [5.41, 5.74) is 11.4. The minimum absolute atomic E-state index is 0.205. The van der Waals surface area contributed by atoms with Crippen LogP contribution < -0.4 is 16.8 Å². The molecule has 0 spiro atoms. The number of Topliss-reactive ketones (excluding diaryl/α,β-unsaturated/α-hetero) is 1. The molecule has 0 aliphatic carbocycles. The van der Waals surface area contributed by atoms with Gasteiger partial charge in [-0.15, -0.1) is 0 Å². The maximum absolute atomic E-state index is 11.9. The number of nitrogen functional groups attached to an aromatic ring is 1. The first-order valence-corrected chi connectivity index (χ1v) is 5.36. The number of carbonyl (C=O) groups excluding carboxylic acids is 3. The zero-order valence-corrected chi connectivity index (χ0v) is 9.97. The van der Waals surface area contributed by atoms with Crippen molar-refractivity contribution in [2.75, 3.05) is 5.73 Å². The van der Waals surface area contributed by atoms with E-state index in [4.69, 9.17) is 11.5 Å². The molecule has 6 nitrogen and oxygen atoms in total. The third kappa shape index (κ3) is 3.58. The Kier molecular flexibility index (Phi) is 4.42. The number of carbonyl (C=O) groups is 3.